The van der Waals surface area contributed by atoms with Gasteiger partial charge in [-0.25, -0.2) is 4.98 Å². The van der Waals surface area contributed by atoms with Crippen molar-refractivity contribution in [3.05, 3.63) is 12.7 Å². The molecule has 2 bridgehead atoms. The van der Waals surface area contributed by atoms with E-state index in [1.165, 1.54) is 12.7 Å². The number of fused-ring (bicyclic) bond motifs is 4. The van der Waals surface area contributed by atoms with E-state index in [-0.39, 0.29) is 5.91 Å². The molecule has 0 radical (unpaired) electrons. The first-order chi connectivity index (χ1) is 11.8. The smallest absolute Gasteiger partial charge is 0.224 e. The highest BCUT2D eigenvalue weighted by molar-refractivity contribution is 5.76. The van der Waals surface area contributed by atoms with E-state index in [0.29, 0.717) is 31.0 Å². The summed E-state index contributed by atoms with van der Waals surface area (Å²) in [6, 6.07) is 1.03. The Morgan fingerprint density at radius 2 is 1.96 bits per heavy atom. The molecule has 4 aliphatic heterocycles. The van der Waals surface area contributed by atoms with E-state index in [1.807, 2.05) is 0 Å². The largest absolute Gasteiger partial charge is 0.381 e. The zero-order valence-electron chi connectivity index (χ0n) is 14.2. The summed E-state index contributed by atoms with van der Waals surface area (Å²) in [5.74, 6) is 0.899. The molecular formula is C17H27N5O2. The molecular weight excluding hydrogens is 306 g/mol. The van der Waals surface area contributed by atoms with E-state index in [1.54, 1.807) is 11.0 Å². The van der Waals surface area contributed by atoms with Crippen LogP contribution in [0.25, 0.3) is 0 Å². The number of aromatic nitrogens is 3. The second kappa shape index (κ2) is 7.19. The Morgan fingerprint density at radius 1 is 1.08 bits per heavy atom. The van der Waals surface area contributed by atoms with Crippen molar-refractivity contribution < 1.29 is 9.53 Å². The van der Waals surface area contributed by atoms with Gasteiger partial charge >= 0.3 is 0 Å². The summed E-state index contributed by atoms with van der Waals surface area (Å²) in [5, 5.41) is 4.09. The number of nitrogens with zero attached hydrogens (tertiary/aromatic N) is 5. The average molecular weight is 333 g/mol. The fourth-order valence-electron chi connectivity index (χ4n) is 4.47. The summed E-state index contributed by atoms with van der Waals surface area (Å²) in [5.41, 5.74) is 0. The Balaban J connectivity index is 1.38. The first-order valence-electron chi connectivity index (χ1n) is 9.23. The van der Waals surface area contributed by atoms with E-state index < -0.39 is 0 Å². The number of aryl methyl sites for hydroxylation is 1. The lowest BCUT2D eigenvalue weighted by Crippen LogP contribution is -2.48. The molecule has 1 amide bonds. The molecule has 1 aromatic rings. The van der Waals surface area contributed by atoms with Gasteiger partial charge in [0.05, 0.1) is 6.54 Å². The Hall–Kier alpha value is -1.47. The van der Waals surface area contributed by atoms with Gasteiger partial charge in [-0.2, -0.15) is 5.10 Å². The van der Waals surface area contributed by atoms with E-state index >= 15 is 0 Å². The first kappa shape index (κ1) is 16.0. The van der Waals surface area contributed by atoms with Crippen LogP contribution in [0.1, 0.15) is 32.1 Å². The van der Waals surface area contributed by atoms with Gasteiger partial charge in [0.25, 0.3) is 0 Å². The molecule has 132 valence electrons. The predicted octanol–water partition coefficient (Wildman–Crippen LogP) is 0.770. The van der Waals surface area contributed by atoms with Crippen molar-refractivity contribution in [1.29, 1.82) is 0 Å². The van der Waals surface area contributed by atoms with Crippen LogP contribution in [0.5, 0.6) is 0 Å². The second-order valence-corrected chi connectivity index (χ2v) is 7.35. The Kier molecular flexibility index (Phi) is 4.80. The topological polar surface area (TPSA) is 63.5 Å². The first-order valence-corrected chi connectivity index (χ1v) is 9.23. The van der Waals surface area contributed by atoms with E-state index in [0.717, 1.165) is 52.1 Å². The third-order valence-corrected chi connectivity index (χ3v) is 5.79. The Labute approximate surface area is 143 Å². The van der Waals surface area contributed by atoms with Crippen LogP contribution >= 0.6 is 0 Å². The molecule has 4 saturated heterocycles. The van der Waals surface area contributed by atoms with Crippen LogP contribution in [0, 0.1) is 5.92 Å². The van der Waals surface area contributed by atoms with Crippen molar-refractivity contribution in [2.75, 3.05) is 32.8 Å². The lowest BCUT2D eigenvalue weighted by Gasteiger charge is -2.37. The Bertz CT molecular complexity index is 543. The minimum atomic E-state index is 0.272. The molecule has 7 heteroatoms. The molecule has 0 unspecified atom stereocenters. The van der Waals surface area contributed by atoms with Crippen molar-refractivity contribution in [3.8, 4) is 0 Å². The third kappa shape index (κ3) is 3.47. The molecule has 0 saturated carbocycles. The number of carbonyl (C=O) groups is 1. The Morgan fingerprint density at radius 3 is 2.75 bits per heavy atom. The lowest BCUT2D eigenvalue weighted by atomic mass is 9.94. The summed E-state index contributed by atoms with van der Waals surface area (Å²) in [6.45, 7) is 5.51. The highest BCUT2D eigenvalue weighted by Crippen LogP contribution is 2.31. The van der Waals surface area contributed by atoms with E-state index in [9.17, 15) is 4.79 Å². The minimum Gasteiger partial charge on any atom is -0.381 e. The maximum atomic E-state index is 12.7. The normalized spacial score (nSPS) is 28.9. The van der Waals surface area contributed by atoms with Crippen LogP contribution in [-0.4, -0.2) is 75.4 Å². The standard InChI is InChI=1S/C17H27N5O2/c23-17(3-6-21-13-18-12-19-21)22-10-14-1-2-16(22)11-20(9-14)15-4-7-24-8-5-15/h12-16H,1-11H2/t14-,16+/m0/s1. The molecule has 2 atom stereocenters. The van der Waals surface area contributed by atoms with Crippen LogP contribution in [0.4, 0.5) is 0 Å². The number of hydrogen-bond acceptors (Lipinski definition) is 5. The van der Waals surface area contributed by atoms with Crippen molar-refractivity contribution in [2.45, 2.75) is 50.7 Å². The SMILES string of the molecule is O=C(CCn1cncn1)N1C[C@H]2CC[C@@H]1CN(C1CCOCC1)C2. The molecule has 4 aliphatic rings. The second-order valence-electron chi connectivity index (χ2n) is 7.35. The molecule has 1 aromatic heterocycles. The van der Waals surface area contributed by atoms with Gasteiger partial charge in [-0.15, -0.1) is 0 Å². The molecule has 4 fully saturated rings. The fraction of sp³-hybridized carbons (Fsp3) is 0.824. The summed E-state index contributed by atoms with van der Waals surface area (Å²) >= 11 is 0. The van der Waals surface area contributed by atoms with Crippen LogP contribution < -0.4 is 0 Å². The molecule has 0 aromatic carbocycles. The van der Waals surface area contributed by atoms with Crippen LogP contribution in [0.2, 0.25) is 0 Å². The molecule has 0 N–H and O–H groups in total. The number of ether oxygens (including phenoxy) is 1. The van der Waals surface area contributed by atoms with Crippen molar-refractivity contribution in [2.24, 2.45) is 5.92 Å². The van der Waals surface area contributed by atoms with Gasteiger partial charge in [0, 0.05) is 51.4 Å². The van der Waals surface area contributed by atoms with E-state index in [4.69, 9.17) is 4.74 Å². The maximum Gasteiger partial charge on any atom is 0.224 e. The van der Waals surface area contributed by atoms with Gasteiger partial charge in [0.2, 0.25) is 5.91 Å². The van der Waals surface area contributed by atoms with Crippen molar-refractivity contribution >= 4 is 5.91 Å². The van der Waals surface area contributed by atoms with Gasteiger partial charge in [-0.05, 0) is 31.6 Å². The highest BCUT2D eigenvalue weighted by Gasteiger charge is 2.39. The third-order valence-electron chi connectivity index (χ3n) is 5.79. The lowest BCUT2D eigenvalue weighted by molar-refractivity contribution is -0.135. The minimum absolute atomic E-state index is 0.272. The summed E-state index contributed by atoms with van der Waals surface area (Å²) in [7, 11) is 0. The molecule has 5 rings (SSSR count). The molecule has 0 aliphatic carbocycles. The van der Waals surface area contributed by atoms with Gasteiger partial charge in [0.15, 0.2) is 0 Å². The molecule has 0 spiro atoms. The number of piperidine rings is 1. The quantitative estimate of drug-likeness (QED) is 0.814. The van der Waals surface area contributed by atoms with Gasteiger partial charge in [-0.1, -0.05) is 0 Å². The number of amides is 1. The van der Waals surface area contributed by atoms with Crippen molar-refractivity contribution in [1.82, 2.24) is 24.6 Å². The summed E-state index contributed by atoms with van der Waals surface area (Å²) in [6.07, 6.45) is 8.40. The average Bonchev–Trinajstić information content (AvgIpc) is 2.98. The van der Waals surface area contributed by atoms with Crippen LogP contribution in [0.3, 0.4) is 0 Å². The van der Waals surface area contributed by atoms with Crippen LogP contribution in [0.15, 0.2) is 12.7 Å². The van der Waals surface area contributed by atoms with Gasteiger partial charge in [0.1, 0.15) is 12.7 Å². The number of rotatable bonds is 4. The molecule has 24 heavy (non-hydrogen) atoms. The van der Waals surface area contributed by atoms with Crippen LogP contribution in [-0.2, 0) is 16.1 Å². The predicted molar refractivity (Wildman–Crippen MR) is 88.3 cm³/mol. The summed E-state index contributed by atoms with van der Waals surface area (Å²) < 4.78 is 7.25. The molecule has 7 nitrogen and oxygen atoms in total. The van der Waals surface area contributed by atoms with Gasteiger partial charge in [-0.3, -0.25) is 14.4 Å². The van der Waals surface area contributed by atoms with E-state index in [2.05, 4.69) is 19.9 Å². The zero-order valence-corrected chi connectivity index (χ0v) is 14.2. The number of hydrogen-bond donors (Lipinski definition) is 0. The fourth-order valence-corrected chi connectivity index (χ4v) is 4.47. The maximum absolute atomic E-state index is 12.7. The monoisotopic (exact) mass is 333 g/mol. The molecule has 5 heterocycles. The van der Waals surface area contributed by atoms with Gasteiger partial charge < -0.3 is 9.64 Å². The highest BCUT2D eigenvalue weighted by atomic mass is 16.5. The number of carbonyl (C=O) groups excluding carboxylic acids is 1. The zero-order chi connectivity index (χ0) is 16.4. The summed E-state index contributed by atoms with van der Waals surface area (Å²) in [4.78, 5) is 21.5. The van der Waals surface area contributed by atoms with Crippen molar-refractivity contribution in [3.63, 3.8) is 0 Å².